The first-order valence-corrected chi connectivity index (χ1v) is 10.1. The second-order valence-electron chi connectivity index (χ2n) is 5.80. The van der Waals surface area contributed by atoms with Gasteiger partial charge in [-0.3, -0.25) is 4.79 Å². The normalized spacial score (nSPS) is 15.5. The van der Waals surface area contributed by atoms with E-state index in [0.29, 0.717) is 17.3 Å². The molecule has 1 aromatic carbocycles. The van der Waals surface area contributed by atoms with Gasteiger partial charge >= 0.3 is 0 Å². The second-order valence-corrected chi connectivity index (χ2v) is 9.13. The molecule has 2 heterocycles. The van der Waals surface area contributed by atoms with Crippen molar-refractivity contribution < 1.29 is 13.2 Å². The summed E-state index contributed by atoms with van der Waals surface area (Å²) in [7, 11) is -1.67. The highest BCUT2D eigenvalue weighted by Crippen LogP contribution is 2.28. The zero-order valence-electron chi connectivity index (χ0n) is 13.5. The Kier molecular flexibility index (Phi) is 5.03. The van der Waals surface area contributed by atoms with Crippen LogP contribution in [0.5, 0.6) is 0 Å². The van der Waals surface area contributed by atoms with Crippen LogP contribution in [0.15, 0.2) is 46.7 Å². The topological polar surface area (TPSA) is 57.7 Å². The van der Waals surface area contributed by atoms with Crippen LogP contribution in [0, 0.1) is 0 Å². The van der Waals surface area contributed by atoms with Crippen LogP contribution in [0.4, 0.5) is 5.69 Å². The zero-order chi connectivity index (χ0) is 17.2. The van der Waals surface area contributed by atoms with Gasteiger partial charge in [-0.25, -0.2) is 8.42 Å². The molecule has 0 atom stereocenters. The van der Waals surface area contributed by atoms with Crippen molar-refractivity contribution in [2.75, 3.05) is 25.0 Å². The molecule has 1 aromatic heterocycles. The summed E-state index contributed by atoms with van der Waals surface area (Å²) < 4.78 is 26.9. The number of para-hydroxylation sites is 1. The summed E-state index contributed by atoms with van der Waals surface area (Å²) in [6.07, 6.45) is 2.03. The minimum absolute atomic E-state index is 0.0619. The summed E-state index contributed by atoms with van der Waals surface area (Å²) in [5, 5.41) is 0. The van der Waals surface area contributed by atoms with Gasteiger partial charge in [-0.1, -0.05) is 18.2 Å². The van der Waals surface area contributed by atoms with Crippen LogP contribution in [0.25, 0.3) is 0 Å². The molecule has 7 heteroatoms. The Labute approximate surface area is 146 Å². The van der Waals surface area contributed by atoms with Crippen LogP contribution in [0.2, 0.25) is 0 Å². The van der Waals surface area contributed by atoms with E-state index in [2.05, 4.69) is 0 Å². The molecule has 1 aliphatic rings. The van der Waals surface area contributed by atoms with Crippen molar-refractivity contribution in [2.45, 2.75) is 23.5 Å². The van der Waals surface area contributed by atoms with Gasteiger partial charge in [0.1, 0.15) is 4.21 Å². The molecule has 1 aliphatic heterocycles. The molecule has 0 bridgehead atoms. The number of carbonyl (C=O) groups excluding carboxylic acids is 1. The van der Waals surface area contributed by atoms with Crippen molar-refractivity contribution in [2.24, 2.45) is 0 Å². The molecule has 0 radical (unpaired) electrons. The third kappa shape index (κ3) is 3.53. The quantitative estimate of drug-likeness (QED) is 0.820. The van der Waals surface area contributed by atoms with Crippen LogP contribution < -0.4 is 4.90 Å². The molecule has 1 amide bonds. The predicted molar refractivity (Wildman–Crippen MR) is 95.9 cm³/mol. The lowest BCUT2D eigenvalue weighted by molar-refractivity contribution is -0.117. The molecule has 0 spiro atoms. The maximum absolute atomic E-state index is 12.5. The van der Waals surface area contributed by atoms with Gasteiger partial charge in [0, 0.05) is 30.7 Å². The molecule has 3 rings (SSSR count). The molecular weight excluding hydrogens is 344 g/mol. The number of thiophene rings is 1. The molecule has 1 fully saturated rings. The van der Waals surface area contributed by atoms with Gasteiger partial charge in [0.25, 0.3) is 10.0 Å². The van der Waals surface area contributed by atoms with E-state index < -0.39 is 10.0 Å². The van der Waals surface area contributed by atoms with Crippen molar-refractivity contribution in [1.29, 1.82) is 0 Å². The Hall–Kier alpha value is -1.70. The van der Waals surface area contributed by atoms with Gasteiger partial charge in [0.2, 0.25) is 5.91 Å². The fourth-order valence-electron chi connectivity index (χ4n) is 2.71. The molecule has 0 aliphatic carbocycles. The molecular formula is C17H20N2O3S2. The van der Waals surface area contributed by atoms with Gasteiger partial charge in [-0.05, 0) is 37.1 Å². The Morgan fingerprint density at radius 3 is 2.46 bits per heavy atom. The number of anilines is 1. The maximum atomic E-state index is 12.5. The minimum Gasteiger partial charge on any atom is -0.315 e. The number of sulfonamides is 1. The molecule has 5 nitrogen and oxygen atoms in total. The Morgan fingerprint density at radius 1 is 1.12 bits per heavy atom. The summed E-state index contributed by atoms with van der Waals surface area (Å²) in [6, 6.07) is 12.8. The lowest BCUT2D eigenvalue weighted by Crippen LogP contribution is -2.27. The Balaban J connectivity index is 1.71. The molecule has 128 valence electrons. The van der Waals surface area contributed by atoms with Crippen molar-refractivity contribution in [1.82, 2.24) is 4.31 Å². The lowest BCUT2D eigenvalue weighted by Gasteiger charge is -2.16. The number of hydrogen-bond acceptors (Lipinski definition) is 4. The van der Waals surface area contributed by atoms with Crippen LogP contribution in [-0.4, -0.2) is 38.8 Å². The fraction of sp³-hybridized carbons (Fsp3) is 0.353. The minimum atomic E-state index is -3.40. The molecule has 24 heavy (non-hydrogen) atoms. The number of carbonyl (C=O) groups is 1. The number of benzene rings is 1. The van der Waals surface area contributed by atoms with E-state index in [4.69, 9.17) is 0 Å². The summed E-state index contributed by atoms with van der Waals surface area (Å²) in [6.45, 7) is 1.18. The van der Waals surface area contributed by atoms with Gasteiger partial charge in [-0.2, -0.15) is 4.31 Å². The van der Waals surface area contributed by atoms with Crippen LogP contribution >= 0.6 is 11.3 Å². The Bertz CT molecular complexity index is 809. The zero-order valence-corrected chi connectivity index (χ0v) is 15.1. The van der Waals surface area contributed by atoms with E-state index in [0.717, 1.165) is 23.4 Å². The third-order valence-corrected chi connectivity index (χ3v) is 7.59. The number of nitrogens with zero attached hydrogens (tertiary/aromatic N) is 2. The highest BCUT2D eigenvalue weighted by Gasteiger charge is 2.28. The number of likely N-dealkylation sites (N-methyl/N-ethyl adjacent to an activating group) is 1. The van der Waals surface area contributed by atoms with Crippen LogP contribution in [0.3, 0.4) is 0 Å². The molecule has 0 N–H and O–H groups in total. The largest absolute Gasteiger partial charge is 0.315 e. The van der Waals surface area contributed by atoms with E-state index in [1.165, 1.54) is 15.6 Å². The van der Waals surface area contributed by atoms with Gasteiger partial charge < -0.3 is 4.90 Å². The smallest absolute Gasteiger partial charge is 0.252 e. The van der Waals surface area contributed by atoms with Gasteiger partial charge in [-0.15, -0.1) is 11.3 Å². The highest BCUT2D eigenvalue weighted by atomic mass is 32.2. The number of rotatable bonds is 5. The van der Waals surface area contributed by atoms with Crippen molar-refractivity contribution in [3.63, 3.8) is 0 Å². The standard InChI is InChI=1S/C17H20N2O3S2/c1-18(14-7-3-2-4-8-14)16(20)13-15-9-10-17(23-15)24(21,22)19-11-5-6-12-19/h2-4,7-10H,5-6,11-13H2,1H3. The first-order chi connectivity index (χ1) is 11.5. The van der Waals surface area contributed by atoms with Crippen molar-refractivity contribution in [3.05, 3.63) is 47.3 Å². The van der Waals surface area contributed by atoms with E-state index in [9.17, 15) is 13.2 Å². The van der Waals surface area contributed by atoms with E-state index in [-0.39, 0.29) is 12.3 Å². The molecule has 0 unspecified atom stereocenters. The number of amides is 1. The van der Waals surface area contributed by atoms with Gasteiger partial charge in [0.05, 0.1) is 6.42 Å². The molecule has 2 aromatic rings. The molecule has 0 saturated carbocycles. The summed E-state index contributed by atoms with van der Waals surface area (Å²) in [4.78, 5) is 14.8. The van der Waals surface area contributed by atoms with Crippen LogP contribution in [0.1, 0.15) is 17.7 Å². The average Bonchev–Trinajstić information content (AvgIpc) is 3.27. The monoisotopic (exact) mass is 364 g/mol. The third-order valence-electron chi connectivity index (χ3n) is 4.14. The van der Waals surface area contributed by atoms with Gasteiger partial charge in [0.15, 0.2) is 0 Å². The average molecular weight is 364 g/mol. The van der Waals surface area contributed by atoms with E-state index in [1.807, 2.05) is 30.3 Å². The molecule has 1 saturated heterocycles. The lowest BCUT2D eigenvalue weighted by atomic mass is 10.2. The van der Waals surface area contributed by atoms with Crippen molar-refractivity contribution in [3.8, 4) is 0 Å². The van der Waals surface area contributed by atoms with Crippen molar-refractivity contribution >= 4 is 33.0 Å². The maximum Gasteiger partial charge on any atom is 0.252 e. The van der Waals surface area contributed by atoms with Crippen LogP contribution in [-0.2, 0) is 21.2 Å². The van der Waals surface area contributed by atoms with E-state index in [1.54, 1.807) is 24.1 Å². The fourth-order valence-corrected chi connectivity index (χ4v) is 5.73. The Morgan fingerprint density at radius 2 is 1.79 bits per heavy atom. The predicted octanol–water partition coefficient (Wildman–Crippen LogP) is 2.74. The first-order valence-electron chi connectivity index (χ1n) is 7.89. The SMILES string of the molecule is CN(C(=O)Cc1ccc(S(=O)(=O)N2CCCC2)s1)c1ccccc1. The summed E-state index contributed by atoms with van der Waals surface area (Å²) in [5.41, 5.74) is 0.823. The van der Waals surface area contributed by atoms with E-state index >= 15 is 0 Å². The second kappa shape index (κ2) is 7.04. The summed E-state index contributed by atoms with van der Waals surface area (Å²) in [5.74, 6) is -0.0619. The number of hydrogen-bond donors (Lipinski definition) is 0. The first kappa shape index (κ1) is 17.1. The summed E-state index contributed by atoms with van der Waals surface area (Å²) >= 11 is 1.19. The highest BCUT2D eigenvalue weighted by molar-refractivity contribution is 7.91.